The summed E-state index contributed by atoms with van der Waals surface area (Å²) in [5.74, 6) is 1.47. The highest BCUT2D eigenvalue weighted by Crippen LogP contribution is 2.57. The van der Waals surface area contributed by atoms with Crippen molar-refractivity contribution in [2.24, 2.45) is 4.99 Å². The molecule has 0 unspecified atom stereocenters. The largest absolute Gasteiger partial charge is 0.313 e. The molecule has 0 spiro atoms. The molecule has 6 aromatic carbocycles. The number of pyridine rings is 1. The van der Waals surface area contributed by atoms with Crippen molar-refractivity contribution in [3.05, 3.63) is 178 Å². The smallest absolute Gasteiger partial charge is 0.145 e. The lowest BCUT2D eigenvalue weighted by Gasteiger charge is -2.43. The van der Waals surface area contributed by atoms with Gasteiger partial charge in [-0.15, -0.1) is 0 Å². The minimum atomic E-state index is -0.375. The fraction of sp³-hybridized carbons (Fsp3) is 0.236. The predicted octanol–water partition coefficient (Wildman–Crippen LogP) is 13.4. The van der Waals surface area contributed by atoms with E-state index in [1.165, 1.54) is 88.3 Å². The van der Waals surface area contributed by atoms with E-state index in [9.17, 15) is 0 Å². The average Bonchev–Trinajstić information content (AvgIpc) is 3.87. The Kier molecular flexibility index (Phi) is 7.79. The van der Waals surface area contributed by atoms with Gasteiger partial charge in [0, 0.05) is 56.8 Å². The number of hydrogen-bond donors (Lipinski definition) is 0. The van der Waals surface area contributed by atoms with Gasteiger partial charge in [-0.05, 0) is 142 Å². The maximum atomic E-state index is 5.84. The Balaban J connectivity index is 1.15. The lowest BCUT2D eigenvalue weighted by molar-refractivity contribution is 0.321. The van der Waals surface area contributed by atoms with Gasteiger partial charge in [-0.25, -0.2) is 4.98 Å². The predicted molar refractivity (Wildman–Crippen MR) is 252 cm³/mol. The number of rotatable bonds is 5. The van der Waals surface area contributed by atoms with Crippen LogP contribution in [0.3, 0.4) is 0 Å². The van der Waals surface area contributed by atoms with Gasteiger partial charge >= 0.3 is 0 Å². The molecule has 3 aromatic heterocycles. The van der Waals surface area contributed by atoms with Crippen molar-refractivity contribution in [3.8, 4) is 11.4 Å². The molecule has 5 heteroatoms. The highest BCUT2D eigenvalue weighted by atomic mass is 15.4. The number of fused-ring (bicyclic) bond motifs is 9. The normalized spacial score (nSPS) is 18.7. The molecule has 296 valence electrons. The van der Waals surface area contributed by atoms with Gasteiger partial charge in [-0.1, -0.05) is 91.7 Å². The van der Waals surface area contributed by atoms with Gasteiger partial charge in [-0.2, -0.15) is 0 Å². The standard InChI is InChI=1S/C55H51N5/c1-32(2)38-19-23-47-45(28-38)43-14-12-24-56-53(43)58(47)41-20-21-42-44-27-33(3)16-22-48(44)59(50(42)30-41)49-29-39(18-17-35(49)5)52-57-54(8)31-40-13-10-11-15-46(40)55(54,9)60(52)51-36(6)25-34(4)26-37(51)7/h10-30,32H,31H2,1-9H3/t54-,55+/m1/s1. The maximum absolute atomic E-state index is 5.84. The van der Waals surface area contributed by atoms with Gasteiger partial charge in [0.05, 0.1) is 27.6 Å². The molecule has 0 saturated heterocycles. The summed E-state index contributed by atoms with van der Waals surface area (Å²) in [5, 5.41) is 4.89. The quantitative estimate of drug-likeness (QED) is 0.174. The highest BCUT2D eigenvalue weighted by Gasteiger charge is 2.61. The monoisotopic (exact) mass is 781 g/mol. The van der Waals surface area contributed by atoms with Gasteiger partial charge in [0.15, 0.2) is 0 Å². The average molecular weight is 782 g/mol. The zero-order valence-electron chi connectivity index (χ0n) is 36.1. The molecule has 0 radical (unpaired) electrons. The van der Waals surface area contributed by atoms with E-state index < -0.39 is 0 Å². The van der Waals surface area contributed by atoms with Crippen LogP contribution in [0.25, 0.3) is 55.1 Å². The molecule has 0 amide bonds. The molecule has 1 aliphatic heterocycles. The Hall–Kier alpha value is -6.46. The second-order valence-corrected chi connectivity index (χ2v) is 18.4. The number of amidine groups is 1. The Morgan fingerprint density at radius 1 is 0.600 bits per heavy atom. The number of aliphatic imine (C=N–C) groups is 1. The van der Waals surface area contributed by atoms with E-state index in [4.69, 9.17) is 9.98 Å². The second-order valence-electron chi connectivity index (χ2n) is 18.4. The van der Waals surface area contributed by atoms with Crippen molar-refractivity contribution in [2.75, 3.05) is 4.90 Å². The van der Waals surface area contributed by atoms with Gasteiger partial charge in [0.2, 0.25) is 0 Å². The summed E-state index contributed by atoms with van der Waals surface area (Å²) < 4.78 is 4.84. The number of hydrogen-bond acceptors (Lipinski definition) is 3. The number of nitrogens with zero attached hydrogens (tertiary/aromatic N) is 5. The van der Waals surface area contributed by atoms with Crippen LogP contribution in [0.2, 0.25) is 0 Å². The third kappa shape index (κ3) is 4.98. The van der Waals surface area contributed by atoms with Crippen molar-refractivity contribution in [1.82, 2.24) is 14.1 Å². The van der Waals surface area contributed by atoms with Gasteiger partial charge in [-0.3, -0.25) is 9.56 Å². The molecule has 60 heavy (non-hydrogen) atoms. The van der Waals surface area contributed by atoms with Crippen molar-refractivity contribution in [2.45, 2.75) is 85.7 Å². The molecule has 2 atom stereocenters. The molecule has 9 aromatic rings. The van der Waals surface area contributed by atoms with Gasteiger partial charge in [0.25, 0.3) is 0 Å². The zero-order chi connectivity index (χ0) is 41.4. The Morgan fingerprint density at radius 3 is 2.15 bits per heavy atom. The second kappa shape index (κ2) is 12.8. The number of aromatic nitrogens is 3. The SMILES string of the molecule is Cc1cc(C)c(N2C(c3ccc(C)c(-n4c5ccc(C)cc5c5ccc(-n6c7ccc(C(C)C)cc7c7cccnc76)cc54)c3)=N[C@]3(C)Cc4ccccc4[C@]23C)c(C)c1. The minimum absolute atomic E-state index is 0.355. The molecule has 2 aliphatic rings. The van der Waals surface area contributed by atoms with Crippen LogP contribution in [0, 0.1) is 34.6 Å². The van der Waals surface area contributed by atoms with E-state index in [0.29, 0.717) is 5.92 Å². The molecule has 0 fully saturated rings. The maximum Gasteiger partial charge on any atom is 0.145 e. The summed E-state index contributed by atoms with van der Waals surface area (Å²) >= 11 is 0. The van der Waals surface area contributed by atoms with Crippen molar-refractivity contribution in [1.29, 1.82) is 0 Å². The summed E-state index contributed by atoms with van der Waals surface area (Å²) in [4.78, 5) is 13.4. The van der Waals surface area contributed by atoms with Crippen LogP contribution in [0.1, 0.15) is 83.7 Å². The van der Waals surface area contributed by atoms with Crippen LogP contribution in [-0.4, -0.2) is 25.5 Å². The fourth-order valence-corrected chi connectivity index (χ4v) is 11.0. The van der Waals surface area contributed by atoms with Crippen LogP contribution >= 0.6 is 0 Å². The summed E-state index contributed by atoms with van der Waals surface area (Å²) in [5.41, 5.74) is 18.7. The fourth-order valence-electron chi connectivity index (χ4n) is 11.0. The Morgan fingerprint density at radius 2 is 1.35 bits per heavy atom. The molecule has 0 bridgehead atoms. The lowest BCUT2D eigenvalue weighted by Crippen LogP contribution is -2.52. The minimum Gasteiger partial charge on any atom is -0.313 e. The molecule has 4 heterocycles. The Bertz CT molecular complexity index is 3300. The molecule has 1 aliphatic carbocycles. The van der Waals surface area contributed by atoms with Crippen molar-refractivity contribution in [3.63, 3.8) is 0 Å². The molecular formula is C55H51N5. The first kappa shape index (κ1) is 36.6. The summed E-state index contributed by atoms with van der Waals surface area (Å²) in [7, 11) is 0. The van der Waals surface area contributed by atoms with E-state index in [1.54, 1.807) is 0 Å². The zero-order valence-corrected chi connectivity index (χ0v) is 36.1. The van der Waals surface area contributed by atoms with Crippen LogP contribution in [-0.2, 0) is 12.0 Å². The van der Waals surface area contributed by atoms with E-state index in [1.807, 2.05) is 6.20 Å². The van der Waals surface area contributed by atoms with Crippen LogP contribution in [0.15, 0.2) is 133 Å². The van der Waals surface area contributed by atoms with Crippen LogP contribution in [0.5, 0.6) is 0 Å². The van der Waals surface area contributed by atoms with E-state index in [2.05, 4.69) is 198 Å². The van der Waals surface area contributed by atoms with Crippen molar-refractivity contribution >= 4 is 55.3 Å². The summed E-state index contributed by atoms with van der Waals surface area (Å²) in [6.07, 6.45) is 2.81. The highest BCUT2D eigenvalue weighted by molar-refractivity contribution is 6.15. The number of aryl methyl sites for hydroxylation is 5. The first-order chi connectivity index (χ1) is 28.9. The number of anilines is 1. The number of benzene rings is 6. The first-order valence-corrected chi connectivity index (χ1v) is 21.5. The molecule has 0 saturated carbocycles. The molecule has 5 nitrogen and oxygen atoms in total. The molecule has 11 rings (SSSR count). The third-order valence-corrected chi connectivity index (χ3v) is 14.1. The molecule has 0 N–H and O–H groups in total. The molecular weight excluding hydrogens is 731 g/mol. The first-order valence-electron chi connectivity index (χ1n) is 21.5. The van der Waals surface area contributed by atoms with E-state index in [0.717, 1.165) is 34.8 Å². The Labute approximate surface area is 352 Å². The summed E-state index contributed by atoms with van der Waals surface area (Å²) in [6, 6.07) is 45.7. The van der Waals surface area contributed by atoms with Crippen LogP contribution < -0.4 is 4.90 Å². The van der Waals surface area contributed by atoms with E-state index >= 15 is 0 Å². The van der Waals surface area contributed by atoms with Crippen molar-refractivity contribution < 1.29 is 0 Å². The van der Waals surface area contributed by atoms with Gasteiger partial charge in [0.1, 0.15) is 11.5 Å². The van der Waals surface area contributed by atoms with Gasteiger partial charge < -0.3 is 9.47 Å². The third-order valence-electron chi connectivity index (χ3n) is 14.1. The van der Waals surface area contributed by atoms with Crippen LogP contribution in [0.4, 0.5) is 5.69 Å². The van der Waals surface area contributed by atoms with E-state index in [-0.39, 0.29) is 11.1 Å². The topological polar surface area (TPSA) is 38.4 Å². The summed E-state index contributed by atoms with van der Waals surface area (Å²) in [6.45, 7) is 20.5. The lowest BCUT2D eigenvalue weighted by atomic mass is 9.79.